The lowest BCUT2D eigenvalue weighted by Gasteiger charge is -2.07. The molecule has 7 heteroatoms. The van der Waals surface area contributed by atoms with Gasteiger partial charge in [-0.2, -0.15) is 0 Å². The smallest absolute Gasteiger partial charge is 0.255 e. The minimum atomic E-state index is -0.452. The van der Waals surface area contributed by atoms with Crippen LogP contribution in [0.4, 0.5) is 10.1 Å². The van der Waals surface area contributed by atoms with Crippen molar-refractivity contribution in [2.24, 2.45) is 7.05 Å². The number of nitrogens with zero attached hydrogens (tertiary/aromatic N) is 4. The van der Waals surface area contributed by atoms with E-state index in [1.807, 2.05) is 6.07 Å². The Hall–Kier alpha value is -3.09. The maximum atomic E-state index is 13.2. The van der Waals surface area contributed by atoms with Crippen molar-refractivity contribution in [3.63, 3.8) is 0 Å². The van der Waals surface area contributed by atoms with Crippen LogP contribution in [0.3, 0.4) is 0 Å². The van der Waals surface area contributed by atoms with Crippen LogP contribution >= 0.6 is 0 Å². The maximum Gasteiger partial charge on any atom is 0.255 e. The van der Waals surface area contributed by atoms with Gasteiger partial charge in [0.15, 0.2) is 5.82 Å². The average molecular weight is 297 g/mol. The van der Waals surface area contributed by atoms with E-state index in [4.69, 9.17) is 0 Å². The molecule has 6 nitrogen and oxygen atoms in total. The third-order valence-electron chi connectivity index (χ3n) is 3.09. The van der Waals surface area contributed by atoms with Crippen LogP contribution in [0.1, 0.15) is 10.4 Å². The Morgan fingerprint density at radius 1 is 1.18 bits per heavy atom. The molecule has 1 heterocycles. The Kier molecular flexibility index (Phi) is 3.61. The topological polar surface area (TPSA) is 72.7 Å². The van der Waals surface area contributed by atoms with Gasteiger partial charge in [0.25, 0.3) is 5.91 Å². The van der Waals surface area contributed by atoms with Crippen molar-refractivity contribution in [2.45, 2.75) is 0 Å². The fourth-order valence-electron chi connectivity index (χ4n) is 2.04. The highest BCUT2D eigenvalue weighted by Crippen LogP contribution is 2.20. The molecule has 2 aromatic carbocycles. The molecule has 3 aromatic rings. The van der Waals surface area contributed by atoms with Crippen LogP contribution in [-0.2, 0) is 7.05 Å². The lowest BCUT2D eigenvalue weighted by molar-refractivity contribution is 0.102. The van der Waals surface area contributed by atoms with E-state index < -0.39 is 5.82 Å². The summed E-state index contributed by atoms with van der Waals surface area (Å²) in [7, 11) is 1.73. The Labute approximate surface area is 125 Å². The summed E-state index contributed by atoms with van der Waals surface area (Å²) in [6.07, 6.45) is 0. The summed E-state index contributed by atoms with van der Waals surface area (Å²) in [5, 5.41) is 14.0. The van der Waals surface area contributed by atoms with Gasteiger partial charge in [-0.1, -0.05) is 18.2 Å². The first-order valence-corrected chi connectivity index (χ1v) is 6.53. The largest absolute Gasteiger partial charge is 0.322 e. The van der Waals surface area contributed by atoms with E-state index in [1.165, 1.54) is 22.9 Å². The van der Waals surface area contributed by atoms with Gasteiger partial charge in [0.2, 0.25) is 0 Å². The molecule has 3 rings (SSSR count). The fraction of sp³-hybridized carbons (Fsp3) is 0.0667. The second kappa shape index (κ2) is 5.72. The van der Waals surface area contributed by atoms with Crippen LogP contribution in [0, 0.1) is 5.82 Å². The molecule has 0 atom stereocenters. The van der Waals surface area contributed by atoms with Crippen molar-refractivity contribution >= 4 is 11.6 Å². The Morgan fingerprint density at radius 3 is 2.73 bits per heavy atom. The predicted molar refractivity (Wildman–Crippen MR) is 78.6 cm³/mol. The van der Waals surface area contributed by atoms with Gasteiger partial charge < -0.3 is 5.32 Å². The third-order valence-corrected chi connectivity index (χ3v) is 3.09. The monoisotopic (exact) mass is 297 g/mol. The van der Waals surface area contributed by atoms with Gasteiger partial charge in [-0.3, -0.25) is 4.79 Å². The van der Waals surface area contributed by atoms with Crippen LogP contribution in [-0.4, -0.2) is 26.1 Å². The standard InChI is InChI=1S/C15H12FN5O/c1-21-14(18-19-20-21)10-4-3-7-13(9-10)17-15(22)11-5-2-6-12(16)8-11/h2-9H,1H3,(H,17,22). The Bertz CT molecular complexity index is 830. The highest BCUT2D eigenvalue weighted by Gasteiger charge is 2.10. The number of benzene rings is 2. The van der Waals surface area contributed by atoms with Crippen LogP contribution in [0.5, 0.6) is 0 Å². The zero-order valence-corrected chi connectivity index (χ0v) is 11.7. The van der Waals surface area contributed by atoms with E-state index in [0.29, 0.717) is 11.5 Å². The van der Waals surface area contributed by atoms with Crippen LogP contribution in [0.2, 0.25) is 0 Å². The number of nitrogens with one attached hydrogen (secondary N) is 1. The zero-order valence-electron chi connectivity index (χ0n) is 11.7. The minimum absolute atomic E-state index is 0.255. The number of aromatic nitrogens is 4. The first-order chi connectivity index (χ1) is 10.6. The minimum Gasteiger partial charge on any atom is -0.322 e. The second-order valence-electron chi connectivity index (χ2n) is 4.67. The van der Waals surface area contributed by atoms with Gasteiger partial charge >= 0.3 is 0 Å². The molecule has 0 aliphatic carbocycles. The van der Waals surface area contributed by atoms with Crippen LogP contribution in [0.15, 0.2) is 48.5 Å². The molecular formula is C15H12FN5O. The summed E-state index contributed by atoms with van der Waals surface area (Å²) >= 11 is 0. The normalized spacial score (nSPS) is 10.5. The van der Waals surface area contributed by atoms with Gasteiger partial charge in [0.1, 0.15) is 5.82 Å². The molecule has 0 saturated heterocycles. The fourth-order valence-corrected chi connectivity index (χ4v) is 2.04. The molecular weight excluding hydrogens is 285 g/mol. The summed E-state index contributed by atoms with van der Waals surface area (Å²) in [6.45, 7) is 0. The lowest BCUT2D eigenvalue weighted by Crippen LogP contribution is -2.12. The van der Waals surface area contributed by atoms with Crippen molar-refractivity contribution in [3.05, 3.63) is 59.9 Å². The van der Waals surface area contributed by atoms with Crippen molar-refractivity contribution in [1.82, 2.24) is 20.2 Å². The summed E-state index contributed by atoms with van der Waals surface area (Å²) in [5.74, 6) is -0.249. The van der Waals surface area contributed by atoms with Crippen molar-refractivity contribution in [2.75, 3.05) is 5.32 Å². The quantitative estimate of drug-likeness (QED) is 0.805. The molecule has 110 valence electrons. The summed E-state index contributed by atoms with van der Waals surface area (Å²) in [4.78, 5) is 12.1. The van der Waals surface area contributed by atoms with Crippen LogP contribution < -0.4 is 5.32 Å². The van der Waals surface area contributed by atoms with Crippen LogP contribution in [0.25, 0.3) is 11.4 Å². The maximum absolute atomic E-state index is 13.2. The molecule has 0 aliphatic heterocycles. The number of carbonyl (C=O) groups excluding carboxylic acids is 1. The number of hydrogen-bond donors (Lipinski definition) is 1. The first kappa shape index (κ1) is 13.9. The van der Waals surface area contributed by atoms with Gasteiger partial charge in [-0.05, 0) is 40.8 Å². The number of hydrogen-bond acceptors (Lipinski definition) is 4. The molecule has 0 spiro atoms. The highest BCUT2D eigenvalue weighted by molar-refractivity contribution is 6.04. The van der Waals surface area contributed by atoms with Crippen molar-refractivity contribution < 1.29 is 9.18 Å². The molecule has 1 aromatic heterocycles. The number of aryl methyl sites for hydroxylation is 1. The number of halogens is 1. The molecule has 0 aliphatic rings. The number of anilines is 1. The zero-order chi connectivity index (χ0) is 15.5. The van der Waals surface area contributed by atoms with E-state index in [0.717, 1.165) is 5.56 Å². The first-order valence-electron chi connectivity index (χ1n) is 6.53. The number of tetrazole rings is 1. The molecule has 0 saturated carbocycles. The Morgan fingerprint density at radius 2 is 2.00 bits per heavy atom. The van der Waals surface area contributed by atoms with Crippen molar-refractivity contribution in [1.29, 1.82) is 0 Å². The number of rotatable bonds is 3. The van der Waals surface area contributed by atoms with E-state index in [2.05, 4.69) is 20.8 Å². The summed E-state index contributed by atoms with van der Waals surface area (Å²) in [6, 6.07) is 12.6. The molecule has 0 fully saturated rings. The number of carbonyl (C=O) groups is 1. The highest BCUT2D eigenvalue weighted by atomic mass is 19.1. The molecule has 0 radical (unpaired) electrons. The van der Waals surface area contributed by atoms with E-state index in [1.54, 1.807) is 31.3 Å². The molecule has 1 N–H and O–H groups in total. The SMILES string of the molecule is Cn1nnnc1-c1cccc(NC(=O)c2cccc(F)c2)c1. The van der Waals surface area contributed by atoms with Crippen molar-refractivity contribution in [3.8, 4) is 11.4 Å². The molecule has 0 bridgehead atoms. The van der Waals surface area contributed by atoms with Gasteiger partial charge in [0, 0.05) is 23.9 Å². The Balaban J connectivity index is 1.84. The summed E-state index contributed by atoms with van der Waals surface area (Å²) < 4.78 is 14.7. The van der Waals surface area contributed by atoms with Gasteiger partial charge in [-0.15, -0.1) is 5.10 Å². The predicted octanol–water partition coefficient (Wildman–Crippen LogP) is 2.27. The molecule has 1 amide bonds. The molecule has 0 unspecified atom stereocenters. The summed E-state index contributed by atoms with van der Waals surface area (Å²) in [5.41, 5.74) is 1.60. The van der Waals surface area contributed by atoms with E-state index in [-0.39, 0.29) is 11.5 Å². The van der Waals surface area contributed by atoms with E-state index in [9.17, 15) is 9.18 Å². The lowest BCUT2D eigenvalue weighted by atomic mass is 10.1. The number of amides is 1. The second-order valence-corrected chi connectivity index (χ2v) is 4.67. The average Bonchev–Trinajstić information content (AvgIpc) is 2.94. The third kappa shape index (κ3) is 2.83. The van der Waals surface area contributed by atoms with Gasteiger partial charge in [-0.25, -0.2) is 9.07 Å². The van der Waals surface area contributed by atoms with Gasteiger partial charge in [0.05, 0.1) is 0 Å². The van der Waals surface area contributed by atoms with E-state index >= 15 is 0 Å². The molecule has 22 heavy (non-hydrogen) atoms.